The van der Waals surface area contributed by atoms with Gasteiger partial charge < -0.3 is 20.2 Å². The van der Waals surface area contributed by atoms with E-state index in [2.05, 4.69) is 24.1 Å². The molecule has 3 aromatic rings. The maximum absolute atomic E-state index is 12.5. The van der Waals surface area contributed by atoms with Crippen molar-refractivity contribution in [1.29, 1.82) is 0 Å². The summed E-state index contributed by atoms with van der Waals surface area (Å²) >= 11 is 0. The van der Waals surface area contributed by atoms with Gasteiger partial charge in [0, 0.05) is 30.5 Å². The minimum absolute atomic E-state index is 0.0292. The van der Waals surface area contributed by atoms with Gasteiger partial charge in [0.25, 0.3) is 5.91 Å². The number of carbonyl (C=O) groups excluding carboxylic acids is 1. The Balaban J connectivity index is 1.64. The van der Waals surface area contributed by atoms with E-state index >= 15 is 0 Å². The molecule has 1 aromatic carbocycles. The zero-order valence-electron chi connectivity index (χ0n) is 16.7. The molecule has 148 valence electrons. The lowest BCUT2D eigenvalue weighted by Crippen LogP contribution is -2.41. The zero-order chi connectivity index (χ0) is 20.1. The molecule has 2 heterocycles. The van der Waals surface area contributed by atoms with Crippen molar-refractivity contribution < 1.29 is 9.53 Å². The lowest BCUT2D eigenvalue weighted by molar-refractivity contribution is 0.0933. The summed E-state index contributed by atoms with van der Waals surface area (Å²) in [5.41, 5.74) is 9.23. The number of ether oxygens (including phenoxy) is 1. The Morgan fingerprint density at radius 3 is 2.82 bits per heavy atom. The average molecular weight is 380 g/mol. The Morgan fingerprint density at radius 1 is 1.25 bits per heavy atom. The number of pyridine rings is 1. The predicted molar refractivity (Wildman–Crippen MR) is 110 cm³/mol. The van der Waals surface area contributed by atoms with E-state index in [1.165, 1.54) is 5.56 Å². The molecule has 0 aliphatic carbocycles. The normalized spacial score (nSPS) is 12.3. The van der Waals surface area contributed by atoms with E-state index in [1.54, 1.807) is 12.1 Å². The number of nitrogens with two attached hydrogens (primary N) is 1. The van der Waals surface area contributed by atoms with Crippen molar-refractivity contribution in [1.82, 2.24) is 14.7 Å². The summed E-state index contributed by atoms with van der Waals surface area (Å²) in [5, 5.41) is 3.00. The standard InChI is InChI=1S/C22H28N4O2/c1-15(2)9-18(11-23)25-22(27)17-5-4-6-20(10-17)28-14-19-13-26-12-16(3)7-8-21(26)24-19/h4-8,10,12-13,15,18H,9,11,14,23H2,1-3H3,(H,25,27). The zero-order valence-corrected chi connectivity index (χ0v) is 16.7. The van der Waals surface area contributed by atoms with Gasteiger partial charge in [-0.15, -0.1) is 0 Å². The first-order valence-electron chi connectivity index (χ1n) is 9.62. The number of imidazole rings is 1. The fourth-order valence-corrected chi connectivity index (χ4v) is 3.16. The van der Waals surface area contributed by atoms with E-state index in [4.69, 9.17) is 10.5 Å². The van der Waals surface area contributed by atoms with Crippen LogP contribution in [0.25, 0.3) is 5.65 Å². The summed E-state index contributed by atoms with van der Waals surface area (Å²) in [6, 6.07) is 11.2. The van der Waals surface area contributed by atoms with Gasteiger partial charge >= 0.3 is 0 Å². The molecule has 0 saturated heterocycles. The van der Waals surface area contributed by atoms with Crippen LogP contribution in [0.1, 0.15) is 41.9 Å². The Morgan fingerprint density at radius 2 is 2.07 bits per heavy atom. The maximum Gasteiger partial charge on any atom is 0.251 e. The third-order valence-electron chi connectivity index (χ3n) is 4.51. The van der Waals surface area contributed by atoms with Crippen molar-refractivity contribution in [3.63, 3.8) is 0 Å². The highest BCUT2D eigenvalue weighted by atomic mass is 16.5. The van der Waals surface area contributed by atoms with Crippen LogP contribution < -0.4 is 15.8 Å². The largest absolute Gasteiger partial charge is 0.487 e. The van der Waals surface area contributed by atoms with E-state index in [9.17, 15) is 4.79 Å². The van der Waals surface area contributed by atoms with Crippen LogP contribution in [-0.4, -0.2) is 27.9 Å². The number of fused-ring (bicyclic) bond motifs is 1. The summed E-state index contributed by atoms with van der Waals surface area (Å²) in [7, 11) is 0. The molecule has 6 nitrogen and oxygen atoms in total. The van der Waals surface area contributed by atoms with Crippen LogP contribution >= 0.6 is 0 Å². The molecule has 6 heteroatoms. The van der Waals surface area contributed by atoms with Crippen molar-refractivity contribution >= 4 is 11.6 Å². The molecular weight excluding hydrogens is 352 g/mol. The highest BCUT2D eigenvalue weighted by Gasteiger charge is 2.14. The number of aryl methyl sites for hydroxylation is 1. The van der Waals surface area contributed by atoms with E-state index in [-0.39, 0.29) is 11.9 Å². The molecule has 0 aliphatic rings. The van der Waals surface area contributed by atoms with Crippen LogP contribution in [0.2, 0.25) is 0 Å². The monoisotopic (exact) mass is 380 g/mol. The van der Waals surface area contributed by atoms with Crippen LogP contribution in [0.4, 0.5) is 0 Å². The number of hydrogen-bond donors (Lipinski definition) is 2. The molecule has 0 saturated carbocycles. The topological polar surface area (TPSA) is 81.6 Å². The highest BCUT2D eigenvalue weighted by Crippen LogP contribution is 2.16. The third-order valence-corrected chi connectivity index (χ3v) is 4.51. The Labute approximate surface area is 165 Å². The quantitative estimate of drug-likeness (QED) is 0.628. The van der Waals surface area contributed by atoms with Gasteiger partial charge in [-0.3, -0.25) is 4.79 Å². The van der Waals surface area contributed by atoms with Crippen LogP contribution in [0, 0.1) is 12.8 Å². The molecule has 3 N–H and O–H groups in total. The number of carbonyl (C=O) groups is 1. The molecule has 2 aromatic heterocycles. The smallest absolute Gasteiger partial charge is 0.251 e. The Hall–Kier alpha value is -2.86. The van der Waals surface area contributed by atoms with Crippen molar-refractivity contribution in [2.45, 2.75) is 39.8 Å². The minimum Gasteiger partial charge on any atom is -0.487 e. The fourth-order valence-electron chi connectivity index (χ4n) is 3.16. The summed E-state index contributed by atoms with van der Waals surface area (Å²) in [4.78, 5) is 17.1. The molecule has 0 aliphatic heterocycles. The molecule has 0 bridgehead atoms. The predicted octanol–water partition coefficient (Wildman–Crippen LogP) is 3.32. The first kappa shape index (κ1) is 19.9. The number of aromatic nitrogens is 2. The number of nitrogens with one attached hydrogen (secondary N) is 1. The first-order valence-corrected chi connectivity index (χ1v) is 9.62. The molecule has 0 fully saturated rings. The van der Waals surface area contributed by atoms with Crippen molar-refractivity contribution in [3.8, 4) is 5.75 Å². The number of amides is 1. The second-order valence-electron chi connectivity index (χ2n) is 7.56. The molecule has 0 radical (unpaired) electrons. The second-order valence-corrected chi connectivity index (χ2v) is 7.56. The summed E-state index contributed by atoms with van der Waals surface area (Å²) < 4.78 is 7.84. The molecule has 3 rings (SSSR count). The first-order chi connectivity index (χ1) is 13.4. The Bertz CT molecular complexity index is 949. The van der Waals surface area contributed by atoms with Gasteiger partial charge in [0.2, 0.25) is 0 Å². The van der Waals surface area contributed by atoms with Gasteiger partial charge in [-0.05, 0) is 49.1 Å². The molecule has 1 unspecified atom stereocenters. The number of rotatable bonds is 8. The molecule has 1 amide bonds. The van der Waals surface area contributed by atoms with E-state index in [0.717, 1.165) is 17.8 Å². The van der Waals surface area contributed by atoms with Gasteiger partial charge in [0.1, 0.15) is 18.0 Å². The summed E-state index contributed by atoms with van der Waals surface area (Å²) in [6.07, 6.45) is 4.84. The molecular formula is C22H28N4O2. The van der Waals surface area contributed by atoms with Gasteiger partial charge in [-0.1, -0.05) is 26.0 Å². The lowest BCUT2D eigenvalue weighted by atomic mass is 10.0. The van der Waals surface area contributed by atoms with Gasteiger partial charge in [0.15, 0.2) is 0 Å². The van der Waals surface area contributed by atoms with Crippen LogP contribution in [0.3, 0.4) is 0 Å². The van der Waals surface area contributed by atoms with E-state index < -0.39 is 0 Å². The fraction of sp³-hybridized carbons (Fsp3) is 0.364. The van der Waals surface area contributed by atoms with Gasteiger partial charge in [0.05, 0.1) is 5.69 Å². The van der Waals surface area contributed by atoms with Gasteiger partial charge in [-0.2, -0.15) is 0 Å². The number of nitrogens with zero attached hydrogens (tertiary/aromatic N) is 2. The van der Waals surface area contributed by atoms with Crippen LogP contribution in [-0.2, 0) is 6.61 Å². The Kier molecular flexibility index (Phi) is 6.31. The third kappa shape index (κ3) is 5.10. The average Bonchev–Trinajstić information content (AvgIpc) is 3.07. The van der Waals surface area contributed by atoms with Crippen molar-refractivity contribution in [2.24, 2.45) is 11.7 Å². The number of hydrogen-bond acceptors (Lipinski definition) is 4. The maximum atomic E-state index is 12.5. The number of benzene rings is 1. The summed E-state index contributed by atoms with van der Waals surface area (Å²) in [6.45, 7) is 7.04. The highest BCUT2D eigenvalue weighted by molar-refractivity contribution is 5.94. The van der Waals surface area contributed by atoms with Crippen molar-refractivity contribution in [3.05, 3.63) is 65.6 Å². The van der Waals surface area contributed by atoms with Crippen LogP contribution in [0.15, 0.2) is 48.8 Å². The molecule has 28 heavy (non-hydrogen) atoms. The minimum atomic E-state index is -0.134. The summed E-state index contributed by atoms with van der Waals surface area (Å²) in [5.74, 6) is 0.969. The van der Waals surface area contributed by atoms with Crippen molar-refractivity contribution in [2.75, 3.05) is 6.54 Å². The molecule has 0 spiro atoms. The van der Waals surface area contributed by atoms with E-state index in [0.29, 0.717) is 30.4 Å². The molecule has 1 atom stereocenters. The lowest BCUT2D eigenvalue weighted by Gasteiger charge is -2.19. The van der Waals surface area contributed by atoms with Gasteiger partial charge in [-0.25, -0.2) is 4.98 Å². The second kappa shape index (κ2) is 8.89. The van der Waals surface area contributed by atoms with Crippen LogP contribution in [0.5, 0.6) is 5.75 Å². The van der Waals surface area contributed by atoms with E-state index in [1.807, 2.05) is 48.0 Å². The SMILES string of the molecule is Cc1ccc2nc(COc3cccc(C(=O)NC(CN)CC(C)C)c3)cn2c1.